The van der Waals surface area contributed by atoms with E-state index in [0.717, 1.165) is 0 Å². The molecule has 2 rings (SSSR count). The van der Waals surface area contributed by atoms with Crippen LogP contribution in [0.25, 0.3) is 0 Å². The van der Waals surface area contributed by atoms with Crippen molar-refractivity contribution in [1.29, 1.82) is 0 Å². The Kier molecular flexibility index (Phi) is 3.86. The average molecular weight is 221 g/mol. The van der Waals surface area contributed by atoms with Crippen LogP contribution in [0.3, 0.4) is 0 Å². The van der Waals surface area contributed by atoms with Gasteiger partial charge in [0.25, 0.3) is 0 Å². The summed E-state index contributed by atoms with van der Waals surface area (Å²) in [7, 11) is 2.00. The lowest BCUT2D eigenvalue weighted by atomic mass is 9.96. The van der Waals surface area contributed by atoms with E-state index in [2.05, 4.69) is 17.3 Å². The van der Waals surface area contributed by atoms with Crippen LogP contribution in [0.15, 0.2) is 6.20 Å². The maximum Gasteiger partial charge on any atom is 0.0758 e. The van der Waals surface area contributed by atoms with E-state index in [9.17, 15) is 0 Å². The third-order valence-electron chi connectivity index (χ3n) is 3.70. The highest BCUT2D eigenvalue weighted by Gasteiger charge is 2.13. The first-order valence-electron chi connectivity index (χ1n) is 6.52. The summed E-state index contributed by atoms with van der Waals surface area (Å²) in [6.07, 6.45) is 11.6. The molecule has 0 atom stereocenters. The molecule has 0 aliphatic heterocycles. The molecule has 1 fully saturated rings. The monoisotopic (exact) mass is 221 g/mol. The van der Waals surface area contributed by atoms with Gasteiger partial charge in [-0.15, -0.1) is 0 Å². The van der Waals surface area contributed by atoms with Crippen molar-refractivity contribution in [2.75, 3.05) is 5.32 Å². The Bertz CT molecular complexity index is 322. The number of rotatable bonds is 2. The summed E-state index contributed by atoms with van der Waals surface area (Å²) in [5, 5.41) is 7.93. The summed E-state index contributed by atoms with van der Waals surface area (Å²) in [6, 6.07) is 0.656. The predicted octanol–water partition coefficient (Wildman–Crippen LogP) is 3.25. The molecule has 3 nitrogen and oxygen atoms in total. The molecule has 1 aliphatic rings. The van der Waals surface area contributed by atoms with E-state index in [1.165, 1.54) is 56.3 Å². The van der Waals surface area contributed by atoms with Crippen molar-refractivity contribution in [3.63, 3.8) is 0 Å². The normalized spacial score (nSPS) is 19.1. The van der Waals surface area contributed by atoms with Gasteiger partial charge in [0.1, 0.15) is 0 Å². The highest BCUT2D eigenvalue weighted by atomic mass is 15.3. The standard InChI is InChI=1S/C13H23N3/c1-11-13(10-14-16(11)2)15-12-8-6-4-3-5-7-9-12/h10,12,15H,3-9H2,1-2H3. The van der Waals surface area contributed by atoms with Gasteiger partial charge < -0.3 is 5.32 Å². The molecule has 0 bridgehead atoms. The van der Waals surface area contributed by atoms with E-state index in [1.54, 1.807) is 0 Å². The van der Waals surface area contributed by atoms with Crippen molar-refractivity contribution in [2.24, 2.45) is 7.05 Å². The van der Waals surface area contributed by atoms with Gasteiger partial charge in [-0.1, -0.05) is 32.1 Å². The van der Waals surface area contributed by atoms with Crippen molar-refractivity contribution in [2.45, 2.75) is 57.9 Å². The lowest BCUT2D eigenvalue weighted by Gasteiger charge is -2.21. The minimum absolute atomic E-state index is 0.656. The fourth-order valence-electron chi connectivity index (χ4n) is 2.46. The lowest BCUT2D eigenvalue weighted by molar-refractivity contribution is 0.471. The number of hydrogen-bond donors (Lipinski definition) is 1. The zero-order chi connectivity index (χ0) is 11.4. The zero-order valence-corrected chi connectivity index (χ0v) is 10.5. The van der Waals surface area contributed by atoms with Crippen LogP contribution in [0.5, 0.6) is 0 Å². The maximum absolute atomic E-state index is 4.28. The van der Waals surface area contributed by atoms with Gasteiger partial charge in [-0.05, 0) is 19.8 Å². The summed E-state index contributed by atoms with van der Waals surface area (Å²) < 4.78 is 1.94. The van der Waals surface area contributed by atoms with Crippen LogP contribution in [0.4, 0.5) is 5.69 Å². The van der Waals surface area contributed by atoms with Crippen LogP contribution in [0.2, 0.25) is 0 Å². The molecule has 0 amide bonds. The molecule has 0 unspecified atom stereocenters. The molecule has 0 radical (unpaired) electrons. The molecule has 1 saturated carbocycles. The van der Waals surface area contributed by atoms with Gasteiger partial charge in [0.05, 0.1) is 17.6 Å². The van der Waals surface area contributed by atoms with Crippen LogP contribution in [0.1, 0.15) is 50.6 Å². The Hall–Kier alpha value is -0.990. The second-order valence-electron chi connectivity index (χ2n) is 4.95. The molecule has 1 heterocycles. The number of nitrogens with one attached hydrogen (secondary N) is 1. The first kappa shape index (κ1) is 11.5. The second-order valence-corrected chi connectivity index (χ2v) is 4.95. The van der Waals surface area contributed by atoms with Crippen molar-refractivity contribution < 1.29 is 0 Å². The summed E-state index contributed by atoms with van der Waals surface area (Å²) >= 11 is 0. The zero-order valence-electron chi connectivity index (χ0n) is 10.5. The topological polar surface area (TPSA) is 29.9 Å². The molecule has 90 valence electrons. The van der Waals surface area contributed by atoms with Crippen LogP contribution in [0, 0.1) is 6.92 Å². The molecule has 16 heavy (non-hydrogen) atoms. The van der Waals surface area contributed by atoms with Crippen LogP contribution in [-0.2, 0) is 7.05 Å². The molecule has 1 aromatic heterocycles. The van der Waals surface area contributed by atoms with Gasteiger partial charge in [-0.3, -0.25) is 4.68 Å². The molecular weight excluding hydrogens is 198 g/mol. The highest BCUT2D eigenvalue weighted by Crippen LogP contribution is 2.22. The van der Waals surface area contributed by atoms with Crippen molar-refractivity contribution in [1.82, 2.24) is 9.78 Å². The molecular formula is C13H23N3. The number of nitrogens with zero attached hydrogens (tertiary/aromatic N) is 2. The fraction of sp³-hybridized carbons (Fsp3) is 0.769. The highest BCUT2D eigenvalue weighted by molar-refractivity contribution is 5.46. The Morgan fingerprint density at radius 1 is 1.19 bits per heavy atom. The number of aromatic nitrogens is 2. The van der Waals surface area contributed by atoms with E-state index < -0.39 is 0 Å². The van der Waals surface area contributed by atoms with Gasteiger partial charge in [-0.25, -0.2) is 0 Å². The molecule has 1 N–H and O–H groups in total. The first-order chi connectivity index (χ1) is 7.77. The summed E-state index contributed by atoms with van der Waals surface area (Å²) in [6.45, 7) is 2.12. The maximum atomic E-state index is 4.28. The van der Waals surface area contributed by atoms with Crippen LogP contribution >= 0.6 is 0 Å². The quantitative estimate of drug-likeness (QED) is 0.830. The van der Waals surface area contributed by atoms with E-state index in [0.29, 0.717) is 6.04 Å². The predicted molar refractivity (Wildman–Crippen MR) is 67.7 cm³/mol. The Balaban J connectivity index is 1.94. The largest absolute Gasteiger partial charge is 0.380 e. The van der Waals surface area contributed by atoms with Gasteiger partial charge in [0, 0.05) is 13.1 Å². The SMILES string of the molecule is Cc1c(NC2CCCCCCC2)cnn1C. The van der Waals surface area contributed by atoms with Crippen LogP contribution in [-0.4, -0.2) is 15.8 Å². The van der Waals surface area contributed by atoms with Gasteiger partial charge in [0.15, 0.2) is 0 Å². The molecule has 3 heteroatoms. The number of anilines is 1. The third-order valence-corrected chi connectivity index (χ3v) is 3.70. The Morgan fingerprint density at radius 3 is 2.38 bits per heavy atom. The van der Waals surface area contributed by atoms with Crippen LogP contribution < -0.4 is 5.32 Å². The van der Waals surface area contributed by atoms with Gasteiger partial charge >= 0.3 is 0 Å². The average Bonchev–Trinajstić information content (AvgIpc) is 2.53. The Morgan fingerprint density at radius 2 is 1.81 bits per heavy atom. The van der Waals surface area contributed by atoms with E-state index >= 15 is 0 Å². The Labute approximate surface area is 98.2 Å². The first-order valence-corrected chi connectivity index (χ1v) is 6.52. The van der Waals surface area contributed by atoms with Gasteiger partial charge in [0.2, 0.25) is 0 Å². The molecule has 0 aromatic carbocycles. The van der Waals surface area contributed by atoms with E-state index in [-0.39, 0.29) is 0 Å². The summed E-state index contributed by atoms with van der Waals surface area (Å²) in [4.78, 5) is 0. The van der Waals surface area contributed by atoms with Crippen molar-refractivity contribution in [3.05, 3.63) is 11.9 Å². The fourth-order valence-corrected chi connectivity index (χ4v) is 2.46. The molecule has 1 aromatic rings. The van der Waals surface area contributed by atoms with E-state index in [1.807, 2.05) is 17.9 Å². The summed E-state index contributed by atoms with van der Waals surface area (Å²) in [5.74, 6) is 0. The number of aryl methyl sites for hydroxylation is 1. The lowest BCUT2D eigenvalue weighted by Crippen LogP contribution is -2.20. The summed E-state index contributed by atoms with van der Waals surface area (Å²) in [5.41, 5.74) is 2.45. The number of hydrogen-bond acceptors (Lipinski definition) is 2. The van der Waals surface area contributed by atoms with Crippen molar-refractivity contribution >= 4 is 5.69 Å². The van der Waals surface area contributed by atoms with Crippen molar-refractivity contribution in [3.8, 4) is 0 Å². The minimum atomic E-state index is 0.656. The van der Waals surface area contributed by atoms with Gasteiger partial charge in [-0.2, -0.15) is 5.10 Å². The smallest absolute Gasteiger partial charge is 0.0758 e. The van der Waals surface area contributed by atoms with E-state index in [4.69, 9.17) is 0 Å². The molecule has 0 spiro atoms. The third kappa shape index (κ3) is 2.77. The molecule has 0 saturated heterocycles. The second kappa shape index (κ2) is 5.37. The minimum Gasteiger partial charge on any atom is -0.380 e. The molecule has 1 aliphatic carbocycles.